The van der Waals surface area contributed by atoms with Crippen LogP contribution in [0.25, 0.3) is 0 Å². The van der Waals surface area contributed by atoms with Crippen LogP contribution >= 0.6 is 11.3 Å². The molecule has 2 aromatic heterocycles. The van der Waals surface area contributed by atoms with Crippen molar-refractivity contribution in [3.05, 3.63) is 74.5 Å². The molecule has 3 rings (SSSR count). The highest BCUT2D eigenvalue weighted by Crippen LogP contribution is 2.28. The van der Waals surface area contributed by atoms with Gasteiger partial charge in [0.2, 0.25) is 5.76 Å². The standard InChI is InChI=1S/C21H19N3O8S/c1-3-30-20(27)18-13(2)22-21(33-18)23(11-14-7-5-4-6-8-14)16(25)12-31-19(26)15-9-10-17(32-15)24(28)29/h4-10H,3,11-12H2,1-2H3. The fraction of sp³-hybridized carbons (Fsp3) is 0.238. The molecule has 12 heteroatoms. The lowest BCUT2D eigenvalue weighted by atomic mass is 10.2. The second-order valence-corrected chi connectivity index (χ2v) is 7.55. The maximum absolute atomic E-state index is 13.0. The monoisotopic (exact) mass is 473 g/mol. The van der Waals surface area contributed by atoms with Crippen molar-refractivity contribution in [2.45, 2.75) is 20.4 Å². The average Bonchev–Trinajstić information content (AvgIpc) is 3.44. The number of nitrogens with zero attached hydrogens (tertiary/aromatic N) is 3. The van der Waals surface area contributed by atoms with Crippen LogP contribution in [0.5, 0.6) is 0 Å². The molecule has 11 nitrogen and oxygen atoms in total. The molecule has 33 heavy (non-hydrogen) atoms. The smallest absolute Gasteiger partial charge is 0.433 e. The zero-order valence-electron chi connectivity index (χ0n) is 17.7. The summed E-state index contributed by atoms with van der Waals surface area (Å²) in [6, 6.07) is 11.1. The molecule has 0 radical (unpaired) electrons. The van der Waals surface area contributed by atoms with Crippen molar-refractivity contribution in [2.75, 3.05) is 18.1 Å². The molecule has 0 N–H and O–H groups in total. The van der Waals surface area contributed by atoms with Crippen LogP contribution < -0.4 is 4.90 Å². The molecule has 1 amide bonds. The number of hydrogen-bond acceptors (Lipinski definition) is 10. The summed E-state index contributed by atoms with van der Waals surface area (Å²) >= 11 is 0.986. The molecule has 0 bridgehead atoms. The van der Waals surface area contributed by atoms with E-state index in [9.17, 15) is 24.5 Å². The number of furan rings is 1. The lowest BCUT2D eigenvalue weighted by molar-refractivity contribution is -0.402. The Labute approximate surface area is 191 Å². The first kappa shape index (κ1) is 23.6. The van der Waals surface area contributed by atoms with Crippen LogP contribution in [0.4, 0.5) is 11.0 Å². The number of aryl methyl sites for hydroxylation is 1. The van der Waals surface area contributed by atoms with Crippen molar-refractivity contribution in [1.29, 1.82) is 0 Å². The third-order valence-corrected chi connectivity index (χ3v) is 5.42. The van der Waals surface area contributed by atoms with Crippen LogP contribution in [0.3, 0.4) is 0 Å². The second-order valence-electron chi connectivity index (χ2n) is 6.57. The van der Waals surface area contributed by atoms with Gasteiger partial charge in [0.1, 0.15) is 9.80 Å². The SMILES string of the molecule is CCOC(=O)c1sc(N(Cc2ccccc2)C(=O)COC(=O)c2ccc([N+](=O)[O-])o2)nc1C. The van der Waals surface area contributed by atoms with Crippen LogP contribution in [-0.2, 0) is 20.8 Å². The first-order valence-electron chi connectivity index (χ1n) is 9.70. The van der Waals surface area contributed by atoms with E-state index < -0.39 is 41.0 Å². The van der Waals surface area contributed by atoms with E-state index in [1.54, 1.807) is 38.1 Å². The molecule has 0 saturated carbocycles. The minimum atomic E-state index is -1.03. The number of ether oxygens (including phenoxy) is 2. The maximum Gasteiger partial charge on any atom is 0.433 e. The van der Waals surface area contributed by atoms with Crippen LogP contribution in [0, 0.1) is 17.0 Å². The molecule has 1 aromatic carbocycles. The van der Waals surface area contributed by atoms with E-state index in [0.717, 1.165) is 29.0 Å². The van der Waals surface area contributed by atoms with Crippen molar-refractivity contribution < 1.29 is 33.2 Å². The van der Waals surface area contributed by atoms with Gasteiger partial charge in [0.15, 0.2) is 11.7 Å². The zero-order chi connectivity index (χ0) is 24.0. The van der Waals surface area contributed by atoms with Gasteiger partial charge in [0.05, 0.1) is 24.9 Å². The molecule has 0 saturated heterocycles. The van der Waals surface area contributed by atoms with Gasteiger partial charge in [-0.2, -0.15) is 0 Å². The topological polar surface area (TPSA) is 142 Å². The van der Waals surface area contributed by atoms with Gasteiger partial charge in [-0.15, -0.1) is 0 Å². The Morgan fingerprint density at radius 2 is 1.85 bits per heavy atom. The summed E-state index contributed by atoms with van der Waals surface area (Å²) in [6.45, 7) is 2.94. The number of thiazole rings is 1. The highest BCUT2D eigenvalue weighted by atomic mass is 32.1. The van der Waals surface area contributed by atoms with E-state index in [1.165, 1.54) is 4.90 Å². The summed E-state index contributed by atoms with van der Waals surface area (Å²) in [5.74, 6) is -3.21. The molecule has 172 valence electrons. The van der Waals surface area contributed by atoms with E-state index in [0.29, 0.717) is 5.69 Å². The Morgan fingerprint density at radius 3 is 2.48 bits per heavy atom. The van der Waals surface area contributed by atoms with Gasteiger partial charge in [0.25, 0.3) is 5.91 Å². The molecular formula is C21H19N3O8S. The largest absolute Gasteiger partial charge is 0.462 e. The third kappa shape index (κ3) is 5.80. The molecule has 0 unspecified atom stereocenters. The molecule has 0 atom stereocenters. The van der Waals surface area contributed by atoms with Gasteiger partial charge in [-0.3, -0.25) is 19.8 Å². The lowest BCUT2D eigenvalue weighted by Crippen LogP contribution is -2.34. The number of esters is 2. The Hall–Kier alpha value is -4.06. The second kappa shape index (κ2) is 10.5. The van der Waals surface area contributed by atoms with Gasteiger partial charge in [-0.25, -0.2) is 14.6 Å². The van der Waals surface area contributed by atoms with Crippen LogP contribution in [0.15, 0.2) is 46.9 Å². The summed E-state index contributed by atoms with van der Waals surface area (Å²) in [6.07, 6.45) is 0. The van der Waals surface area contributed by atoms with Crippen molar-refractivity contribution >= 4 is 40.2 Å². The first-order chi connectivity index (χ1) is 15.8. The summed E-state index contributed by atoms with van der Waals surface area (Å²) in [5.41, 5.74) is 1.18. The number of aromatic nitrogens is 1. The van der Waals surface area contributed by atoms with Crippen molar-refractivity contribution in [1.82, 2.24) is 4.98 Å². The van der Waals surface area contributed by atoms with Gasteiger partial charge in [0, 0.05) is 0 Å². The fourth-order valence-electron chi connectivity index (χ4n) is 2.72. The number of benzene rings is 1. The highest BCUT2D eigenvalue weighted by molar-refractivity contribution is 7.17. The predicted octanol–water partition coefficient (Wildman–Crippen LogP) is 3.52. The Kier molecular flexibility index (Phi) is 7.51. The zero-order valence-corrected chi connectivity index (χ0v) is 18.5. The van der Waals surface area contributed by atoms with Crippen molar-refractivity contribution in [3.63, 3.8) is 0 Å². The number of carbonyl (C=O) groups is 3. The van der Waals surface area contributed by atoms with E-state index in [4.69, 9.17) is 13.9 Å². The van der Waals surface area contributed by atoms with E-state index in [1.807, 2.05) is 6.07 Å². The predicted molar refractivity (Wildman–Crippen MR) is 116 cm³/mol. The molecule has 0 fully saturated rings. The maximum atomic E-state index is 13.0. The quantitative estimate of drug-likeness (QED) is 0.259. The minimum absolute atomic E-state index is 0.110. The molecule has 0 spiro atoms. The number of rotatable bonds is 9. The first-order valence-corrected chi connectivity index (χ1v) is 10.5. The minimum Gasteiger partial charge on any atom is -0.462 e. The molecule has 3 aromatic rings. The van der Waals surface area contributed by atoms with E-state index >= 15 is 0 Å². The van der Waals surface area contributed by atoms with Crippen molar-refractivity contribution in [3.8, 4) is 0 Å². The molecular weight excluding hydrogens is 454 g/mol. The number of anilines is 1. The van der Waals surface area contributed by atoms with E-state index in [2.05, 4.69) is 4.98 Å². The van der Waals surface area contributed by atoms with Crippen LogP contribution in [-0.4, -0.2) is 41.0 Å². The molecule has 0 aliphatic heterocycles. The Bertz CT molecular complexity index is 1170. The molecule has 2 heterocycles. The summed E-state index contributed by atoms with van der Waals surface area (Å²) in [7, 11) is 0. The Balaban J connectivity index is 1.79. The van der Waals surface area contributed by atoms with Gasteiger partial charge in [-0.1, -0.05) is 41.7 Å². The fourth-order valence-corrected chi connectivity index (χ4v) is 3.70. The highest BCUT2D eigenvalue weighted by Gasteiger charge is 2.26. The number of carbonyl (C=O) groups excluding carboxylic acids is 3. The molecule has 0 aliphatic rings. The van der Waals surface area contributed by atoms with Gasteiger partial charge in [-0.05, 0) is 25.5 Å². The summed E-state index contributed by atoms with van der Waals surface area (Å²) in [5, 5.41) is 10.9. The third-order valence-electron chi connectivity index (χ3n) is 4.26. The lowest BCUT2D eigenvalue weighted by Gasteiger charge is -2.19. The van der Waals surface area contributed by atoms with Gasteiger partial charge < -0.3 is 13.9 Å². The normalized spacial score (nSPS) is 10.5. The average molecular weight is 473 g/mol. The van der Waals surface area contributed by atoms with Crippen LogP contribution in [0.1, 0.15) is 38.4 Å². The number of nitro groups is 1. The number of amides is 1. The number of hydrogen-bond donors (Lipinski definition) is 0. The summed E-state index contributed by atoms with van der Waals surface area (Å²) < 4.78 is 14.8. The summed E-state index contributed by atoms with van der Waals surface area (Å²) in [4.78, 5) is 53.1. The van der Waals surface area contributed by atoms with Crippen molar-refractivity contribution in [2.24, 2.45) is 0 Å². The van der Waals surface area contributed by atoms with Gasteiger partial charge >= 0.3 is 17.8 Å². The molecule has 0 aliphatic carbocycles. The van der Waals surface area contributed by atoms with Crippen LogP contribution in [0.2, 0.25) is 0 Å². The van der Waals surface area contributed by atoms with E-state index in [-0.39, 0.29) is 23.2 Å². The Morgan fingerprint density at radius 1 is 1.12 bits per heavy atom.